The second-order valence-electron chi connectivity index (χ2n) is 5.96. The van der Waals surface area contributed by atoms with Crippen molar-refractivity contribution in [3.8, 4) is 5.88 Å². The van der Waals surface area contributed by atoms with Crippen LogP contribution in [0.25, 0.3) is 0 Å². The molecule has 0 aromatic carbocycles. The lowest BCUT2D eigenvalue weighted by molar-refractivity contribution is -0.154. The maximum Gasteiger partial charge on any atom is 0.422 e. The molecule has 10 heteroatoms. The number of hydrogen-bond acceptors (Lipinski definition) is 6. The van der Waals surface area contributed by atoms with Gasteiger partial charge in [0, 0.05) is 24.9 Å². The van der Waals surface area contributed by atoms with E-state index in [0.29, 0.717) is 12.0 Å². The lowest BCUT2D eigenvalue weighted by atomic mass is 10.1. The third-order valence-electron chi connectivity index (χ3n) is 3.68. The van der Waals surface area contributed by atoms with Gasteiger partial charge in [0.15, 0.2) is 6.61 Å². The average molecular weight is 396 g/mol. The monoisotopic (exact) mass is 396 g/mol. The largest absolute Gasteiger partial charge is 0.468 e. The number of Topliss-reactive ketones (excluding diaryl/α,β-unsaturated/α-hetero) is 1. The average Bonchev–Trinajstić information content (AvgIpc) is 2.66. The highest BCUT2D eigenvalue weighted by Crippen LogP contribution is 2.19. The molecule has 0 spiro atoms. The summed E-state index contributed by atoms with van der Waals surface area (Å²) in [4.78, 5) is 35.7. The van der Waals surface area contributed by atoms with Crippen LogP contribution < -0.4 is 10.1 Å². The van der Waals surface area contributed by atoms with Crippen LogP contribution in [0.1, 0.15) is 48.2 Å². The van der Waals surface area contributed by atoms with Crippen LogP contribution in [0, 0.1) is 0 Å². The molecule has 2 aromatic rings. The number of amides is 1. The van der Waals surface area contributed by atoms with Gasteiger partial charge in [0.25, 0.3) is 5.91 Å². The van der Waals surface area contributed by atoms with Gasteiger partial charge in [-0.05, 0) is 18.6 Å². The van der Waals surface area contributed by atoms with E-state index < -0.39 is 24.7 Å². The molecule has 1 N–H and O–H groups in total. The second kappa shape index (κ2) is 9.25. The molecule has 0 aliphatic rings. The normalized spacial score (nSPS) is 12.3. The van der Waals surface area contributed by atoms with Crippen molar-refractivity contribution in [1.29, 1.82) is 0 Å². The first-order chi connectivity index (χ1) is 13.2. The fourth-order valence-corrected chi connectivity index (χ4v) is 2.16. The molecule has 0 bridgehead atoms. The summed E-state index contributed by atoms with van der Waals surface area (Å²) in [5.41, 5.74) is 0.682. The SMILES string of the molecule is CCC(=O)Cc1nccc(C(=O)NC(C)c2ccc(OCC(F)(F)F)nc2)n1. The number of ether oxygens (including phenoxy) is 1. The van der Waals surface area contributed by atoms with Crippen molar-refractivity contribution in [2.75, 3.05) is 6.61 Å². The van der Waals surface area contributed by atoms with Gasteiger partial charge < -0.3 is 10.1 Å². The molecule has 1 unspecified atom stereocenters. The van der Waals surface area contributed by atoms with Gasteiger partial charge in [-0.3, -0.25) is 9.59 Å². The number of halogens is 3. The lowest BCUT2D eigenvalue weighted by Crippen LogP contribution is -2.28. The zero-order chi connectivity index (χ0) is 20.7. The molecule has 0 saturated carbocycles. The summed E-state index contributed by atoms with van der Waals surface area (Å²) in [6, 6.07) is 3.75. The summed E-state index contributed by atoms with van der Waals surface area (Å²) in [5, 5.41) is 2.71. The summed E-state index contributed by atoms with van der Waals surface area (Å²) in [6.07, 6.45) is -1.32. The Hall–Kier alpha value is -3.04. The van der Waals surface area contributed by atoms with Crippen LogP contribution >= 0.6 is 0 Å². The van der Waals surface area contributed by atoms with E-state index in [0.717, 1.165) is 0 Å². The fraction of sp³-hybridized carbons (Fsp3) is 0.389. The Labute approximate surface area is 159 Å². The number of nitrogens with one attached hydrogen (secondary N) is 1. The van der Waals surface area contributed by atoms with E-state index in [1.165, 1.54) is 30.6 Å². The molecule has 1 amide bonds. The highest BCUT2D eigenvalue weighted by Gasteiger charge is 2.28. The summed E-state index contributed by atoms with van der Waals surface area (Å²) >= 11 is 0. The molecule has 0 aliphatic heterocycles. The van der Waals surface area contributed by atoms with Crippen molar-refractivity contribution in [2.45, 2.75) is 38.9 Å². The Morgan fingerprint density at radius 2 is 1.96 bits per heavy atom. The number of aromatic nitrogens is 3. The third-order valence-corrected chi connectivity index (χ3v) is 3.68. The van der Waals surface area contributed by atoms with Crippen molar-refractivity contribution < 1.29 is 27.5 Å². The van der Waals surface area contributed by atoms with Crippen molar-refractivity contribution in [3.63, 3.8) is 0 Å². The minimum absolute atomic E-state index is 0.0372. The highest BCUT2D eigenvalue weighted by molar-refractivity contribution is 5.92. The van der Waals surface area contributed by atoms with Crippen LogP contribution in [0.5, 0.6) is 5.88 Å². The lowest BCUT2D eigenvalue weighted by Gasteiger charge is -2.14. The Morgan fingerprint density at radius 1 is 1.21 bits per heavy atom. The number of nitrogens with zero attached hydrogens (tertiary/aromatic N) is 3. The first kappa shape index (κ1) is 21.3. The van der Waals surface area contributed by atoms with Gasteiger partial charge in [-0.15, -0.1) is 0 Å². The number of pyridine rings is 1. The van der Waals surface area contributed by atoms with Gasteiger partial charge in [-0.1, -0.05) is 13.0 Å². The van der Waals surface area contributed by atoms with E-state index >= 15 is 0 Å². The van der Waals surface area contributed by atoms with Crippen LogP contribution in [-0.2, 0) is 11.2 Å². The number of hydrogen-bond donors (Lipinski definition) is 1. The van der Waals surface area contributed by atoms with Crippen molar-refractivity contribution in [1.82, 2.24) is 20.3 Å². The van der Waals surface area contributed by atoms with Crippen LogP contribution in [-0.4, -0.2) is 39.4 Å². The third kappa shape index (κ3) is 6.60. The van der Waals surface area contributed by atoms with Crippen LogP contribution in [0.15, 0.2) is 30.6 Å². The minimum atomic E-state index is -4.44. The molecule has 150 valence electrons. The van der Waals surface area contributed by atoms with Crippen molar-refractivity contribution >= 4 is 11.7 Å². The maximum atomic E-state index is 12.4. The molecule has 0 aliphatic carbocycles. The number of carbonyl (C=O) groups excluding carboxylic acids is 2. The topological polar surface area (TPSA) is 94.1 Å². The summed E-state index contributed by atoms with van der Waals surface area (Å²) < 4.78 is 41.0. The van der Waals surface area contributed by atoms with Crippen LogP contribution in [0.4, 0.5) is 13.2 Å². The van der Waals surface area contributed by atoms with Gasteiger partial charge in [-0.2, -0.15) is 13.2 Å². The highest BCUT2D eigenvalue weighted by atomic mass is 19.4. The molecule has 0 fully saturated rings. The summed E-state index contributed by atoms with van der Waals surface area (Å²) in [7, 11) is 0. The number of alkyl halides is 3. The Morgan fingerprint density at radius 3 is 2.57 bits per heavy atom. The fourth-order valence-electron chi connectivity index (χ4n) is 2.16. The molecule has 2 rings (SSSR count). The molecule has 7 nitrogen and oxygen atoms in total. The van der Waals surface area contributed by atoms with E-state index in [1.807, 2.05) is 0 Å². The molecule has 2 heterocycles. The molecule has 1 atom stereocenters. The molecule has 2 aromatic heterocycles. The van der Waals surface area contributed by atoms with E-state index in [9.17, 15) is 22.8 Å². The Balaban J connectivity index is 1.98. The van der Waals surface area contributed by atoms with E-state index in [4.69, 9.17) is 0 Å². The van der Waals surface area contributed by atoms with Crippen molar-refractivity contribution in [3.05, 3.63) is 47.7 Å². The van der Waals surface area contributed by atoms with Gasteiger partial charge in [0.2, 0.25) is 5.88 Å². The first-order valence-electron chi connectivity index (χ1n) is 8.48. The van der Waals surface area contributed by atoms with Gasteiger partial charge in [0.05, 0.1) is 12.5 Å². The number of ketones is 1. The molecule has 0 radical (unpaired) electrons. The Kier molecular flexibility index (Phi) is 7.02. The number of carbonyl (C=O) groups is 2. The van der Waals surface area contributed by atoms with E-state index in [-0.39, 0.29) is 29.6 Å². The molecular weight excluding hydrogens is 377 g/mol. The van der Waals surface area contributed by atoms with Crippen molar-refractivity contribution in [2.24, 2.45) is 0 Å². The minimum Gasteiger partial charge on any atom is -0.468 e. The first-order valence-corrected chi connectivity index (χ1v) is 8.48. The van der Waals surface area contributed by atoms with Gasteiger partial charge in [0.1, 0.15) is 17.3 Å². The molecular formula is C18H19F3N4O3. The van der Waals surface area contributed by atoms with Gasteiger partial charge >= 0.3 is 6.18 Å². The second-order valence-corrected chi connectivity index (χ2v) is 5.96. The summed E-state index contributed by atoms with van der Waals surface area (Å²) in [5.74, 6) is -0.414. The van der Waals surface area contributed by atoms with E-state index in [1.54, 1.807) is 13.8 Å². The quantitative estimate of drug-likeness (QED) is 0.737. The zero-order valence-corrected chi connectivity index (χ0v) is 15.3. The predicted molar refractivity (Wildman–Crippen MR) is 92.7 cm³/mol. The maximum absolute atomic E-state index is 12.4. The summed E-state index contributed by atoms with van der Waals surface area (Å²) in [6.45, 7) is 1.99. The molecule has 0 saturated heterocycles. The number of rotatable bonds is 8. The Bertz CT molecular complexity index is 826. The van der Waals surface area contributed by atoms with E-state index in [2.05, 4.69) is 25.0 Å². The molecule has 28 heavy (non-hydrogen) atoms. The zero-order valence-electron chi connectivity index (χ0n) is 15.3. The van der Waals surface area contributed by atoms with Gasteiger partial charge in [-0.25, -0.2) is 15.0 Å². The van der Waals surface area contributed by atoms with Crippen LogP contribution in [0.3, 0.4) is 0 Å². The standard InChI is InChI=1S/C18H19F3N4O3/c1-3-13(26)8-15-22-7-6-14(25-15)17(27)24-11(2)12-4-5-16(23-9-12)28-10-18(19,20)21/h4-7,9,11H,3,8,10H2,1-2H3,(H,24,27). The smallest absolute Gasteiger partial charge is 0.422 e. The predicted octanol–water partition coefficient (Wildman–Crippen LogP) is 2.83. The van der Waals surface area contributed by atoms with Crippen LogP contribution in [0.2, 0.25) is 0 Å².